The van der Waals surface area contributed by atoms with Gasteiger partial charge in [0, 0.05) is 5.57 Å². The van der Waals surface area contributed by atoms with E-state index in [2.05, 4.69) is 14.9 Å². The minimum Gasteiger partial charge on any atom is -0.396 e. The van der Waals surface area contributed by atoms with Crippen molar-refractivity contribution in [3.05, 3.63) is 103 Å². The Balaban J connectivity index is 2.14. The van der Waals surface area contributed by atoms with Crippen LogP contribution in [0.2, 0.25) is 0 Å². The van der Waals surface area contributed by atoms with Crippen LogP contribution >= 0.6 is 10.3 Å². The number of rotatable bonds is 9. The van der Waals surface area contributed by atoms with E-state index in [4.69, 9.17) is 0 Å². The molecule has 0 radical (unpaired) electrons. The second kappa shape index (κ2) is 9.86. The molecule has 0 aliphatic heterocycles. The number of esters is 1. The molecule has 0 aliphatic carbocycles. The van der Waals surface area contributed by atoms with Crippen LogP contribution in [0.25, 0.3) is 0 Å². The Morgan fingerprint density at radius 3 is 1.55 bits per heavy atom. The van der Waals surface area contributed by atoms with Crippen LogP contribution in [0.3, 0.4) is 0 Å². The van der Waals surface area contributed by atoms with E-state index in [0.717, 1.165) is 0 Å². The van der Waals surface area contributed by atoms with Crippen molar-refractivity contribution in [2.45, 2.75) is 27.7 Å². The molecule has 0 fully saturated rings. The van der Waals surface area contributed by atoms with Gasteiger partial charge in [0.25, 0.3) is 0 Å². The molecule has 0 atom stereocenters. The lowest BCUT2D eigenvalue weighted by atomic mass is 10.4. The van der Waals surface area contributed by atoms with Crippen molar-refractivity contribution >= 4 is 26.4 Å². The summed E-state index contributed by atoms with van der Waals surface area (Å²) in [6, 6.07) is 26.0. The number of benzene rings is 3. The number of carbonyl (C=O) groups is 1. The Kier molecular flexibility index (Phi) is 7.36. The maximum atomic E-state index is 14.4. The van der Waals surface area contributed by atoms with Gasteiger partial charge in [-0.3, -0.25) is 3.63 Å². The van der Waals surface area contributed by atoms with E-state index in [9.17, 15) is 22.0 Å². The molecule has 3 aromatic rings. The third kappa shape index (κ3) is 5.87. The first-order chi connectivity index (χ1) is 15.6. The number of halogens is 2. The van der Waals surface area contributed by atoms with Crippen LogP contribution < -0.4 is 0 Å². The average Bonchev–Trinajstić information content (AvgIpc) is 2.78. The lowest BCUT2D eigenvalue weighted by Crippen LogP contribution is -2.36. The fraction of sp³-hybridized carbons (Fsp3) is 0.125. The molecule has 5 nitrogen and oxygen atoms in total. The zero-order chi connectivity index (χ0) is 24.1. The van der Waals surface area contributed by atoms with Crippen molar-refractivity contribution in [1.29, 1.82) is 0 Å². The van der Waals surface area contributed by atoms with E-state index >= 15 is 0 Å². The average molecular weight is 494 g/mol. The van der Waals surface area contributed by atoms with Gasteiger partial charge < -0.3 is 4.74 Å². The molecule has 9 heteroatoms. The summed E-state index contributed by atoms with van der Waals surface area (Å²) in [5, 5.41) is 0. The fourth-order valence-electron chi connectivity index (χ4n) is 3.05. The van der Waals surface area contributed by atoms with E-state index in [0.29, 0.717) is 14.7 Å². The molecule has 33 heavy (non-hydrogen) atoms. The van der Waals surface area contributed by atoms with Crippen LogP contribution in [-0.2, 0) is 19.6 Å². The molecule has 0 unspecified atom stereocenters. The summed E-state index contributed by atoms with van der Waals surface area (Å²) >= 11 is 0. The van der Waals surface area contributed by atoms with Crippen molar-refractivity contribution in [3.63, 3.8) is 0 Å². The van der Waals surface area contributed by atoms with Gasteiger partial charge in [0.2, 0.25) is 5.75 Å². The normalized spacial score (nSPS) is 12.7. The van der Waals surface area contributed by atoms with E-state index < -0.39 is 38.3 Å². The van der Waals surface area contributed by atoms with Crippen LogP contribution in [0.15, 0.2) is 118 Å². The maximum Gasteiger partial charge on any atom is 0.422 e. The molecule has 0 saturated carbocycles. The summed E-state index contributed by atoms with van der Waals surface area (Å²) in [7, 11) is -7.67. The summed E-state index contributed by atoms with van der Waals surface area (Å²) in [6.45, 7) is 4.42. The molecule has 3 aromatic carbocycles. The number of hydrogen-bond acceptors (Lipinski definition) is 4. The number of carbonyl (C=O) groups excluding carboxylic acids is 1. The zero-order valence-electron chi connectivity index (χ0n) is 17.7. The third-order valence-electron chi connectivity index (χ3n) is 4.42. The van der Waals surface area contributed by atoms with Gasteiger partial charge in [-0.05, 0) is 43.3 Å². The number of hydrogen-bond donors (Lipinski definition) is 0. The first-order valence-electron chi connectivity index (χ1n) is 9.78. The van der Waals surface area contributed by atoms with E-state index in [1.54, 1.807) is 91.0 Å². The Bertz CT molecular complexity index is 1120. The zero-order valence-corrected chi connectivity index (χ0v) is 19.4. The largest absolute Gasteiger partial charge is 0.422 e. The molecular formula is C24H23F2O5S2+. The minimum atomic E-state index is -4.81. The highest BCUT2D eigenvalue weighted by molar-refractivity contribution is 8.32. The van der Waals surface area contributed by atoms with Gasteiger partial charge in [0.1, 0.15) is 0 Å². The van der Waals surface area contributed by atoms with Crippen LogP contribution in [0.1, 0.15) is 6.92 Å². The summed E-state index contributed by atoms with van der Waals surface area (Å²) < 4.78 is 63.2. The van der Waals surface area contributed by atoms with Gasteiger partial charge in [0.15, 0.2) is 0 Å². The molecule has 0 spiro atoms. The predicted octanol–water partition coefficient (Wildman–Crippen LogP) is 6.02. The number of ether oxygens (including phenoxy) is 1. The number of alkyl halides is 2. The Morgan fingerprint density at radius 2 is 1.21 bits per heavy atom. The monoisotopic (exact) mass is 493 g/mol. The van der Waals surface area contributed by atoms with Gasteiger partial charge in [-0.1, -0.05) is 61.2 Å². The summed E-state index contributed by atoms with van der Waals surface area (Å²) in [6.07, 6.45) is -4.28. The Hall–Kier alpha value is -3.01. The van der Waals surface area contributed by atoms with E-state index in [-0.39, 0.29) is 5.57 Å². The molecule has 0 amide bonds. The first-order valence-corrected chi connectivity index (χ1v) is 13.0. The molecule has 0 aliphatic rings. The molecule has 0 saturated heterocycles. The summed E-state index contributed by atoms with van der Waals surface area (Å²) in [4.78, 5) is 13.2. The first kappa shape index (κ1) is 24.6. The van der Waals surface area contributed by atoms with Gasteiger partial charge in [-0.25, -0.2) is 4.79 Å². The highest BCUT2D eigenvalue weighted by atomic mass is 32.3. The summed E-state index contributed by atoms with van der Waals surface area (Å²) in [5.41, 5.74) is -0.276. The quantitative estimate of drug-likeness (QED) is 0.158. The lowest BCUT2D eigenvalue weighted by Gasteiger charge is -2.35. The van der Waals surface area contributed by atoms with Gasteiger partial charge in [0.05, 0.1) is 25.0 Å². The van der Waals surface area contributed by atoms with E-state index in [1.807, 2.05) is 0 Å². The molecule has 3 rings (SSSR count). The van der Waals surface area contributed by atoms with Crippen molar-refractivity contribution < 1.29 is 30.4 Å². The predicted molar refractivity (Wildman–Crippen MR) is 124 cm³/mol. The van der Waals surface area contributed by atoms with Crippen LogP contribution in [-0.4, -0.2) is 29.9 Å². The molecule has 1 N–H and O–H groups in total. The molecule has 0 bridgehead atoms. The van der Waals surface area contributed by atoms with Crippen LogP contribution in [0, 0.1) is 0 Å². The highest BCUT2D eigenvalue weighted by Gasteiger charge is 2.49. The van der Waals surface area contributed by atoms with Crippen molar-refractivity contribution in [2.24, 2.45) is 0 Å². The molecule has 174 valence electrons. The van der Waals surface area contributed by atoms with Gasteiger partial charge in [-0.2, -0.15) is 17.2 Å². The van der Waals surface area contributed by atoms with Crippen LogP contribution in [0.4, 0.5) is 8.78 Å². The molecular weight excluding hydrogens is 470 g/mol. The SMILES string of the molecule is C=C(C)C(=O)OC(F)(F)CS(=O)(=O)[OH+]S(c1ccccc1)(c1ccccc1)c1ccccc1. The molecule has 0 aromatic heterocycles. The minimum absolute atomic E-state index is 0.276. The highest BCUT2D eigenvalue weighted by Crippen LogP contribution is 2.68. The standard InChI is InChI=1S/C24H22F2O5S2/c1-19(2)23(27)30-24(25,26)18-32(28,29)31-33(20-12-6-3-7-13-20,21-14-8-4-9-15-21)22-16-10-5-11-17-22/h3-17H,1,18H2,2H3/p+1. The second-order valence-electron chi connectivity index (χ2n) is 7.13. The fourth-order valence-corrected chi connectivity index (χ4v) is 8.61. The topological polar surface area (TPSA) is 73.2 Å². The Morgan fingerprint density at radius 1 is 0.848 bits per heavy atom. The van der Waals surface area contributed by atoms with Gasteiger partial charge in [-0.15, -0.1) is 0 Å². The van der Waals surface area contributed by atoms with Crippen LogP contribution in [0.5, 0.6) is 0 Å². The Labute approximate surface area is 193 Å². The van der Waals surface area contributed by atoms with Crippen molar-refractivity contribution in [1.82, 2.24) is 0 Å². The third-order valence-corrected chi connectivity index (χ3v) is 9.79. The van der Waals surface area contributed by atoms with E-state index in [1.165, 1.54) is 6.92 Å². The smallest absolute Gasteiger partial charge is 0.396 e. The van der Waals surface area contributed by atoms with Gasteiger partial charge >= 0.3 is 22.2 Å². The lowest BCUT2D eigenvalue weighted by molar-refractivity contribution is -0.216. The maximum absolute atomic E-state index is 14.4. The van der Waals surface area contributed by atoms with Crippen molar-refractivity contribution in [2.75, 3.05) is 5.75 Å². The second-order valence-corrected chi connectivity index (χ2v) is 11.8. The van der Waals surface area contributed by atoms with Crippen molar-refractivity contribution in [3.8, 4) is 0 Å². The summed E-state index contributed by atoms with van der Waals surface area (Å²) in [5.74, 6) is -3.18. The molecule has 0 heterocycles.